The van der Waals surface area contributed by atoms with Crippen molar-refractivity contribution in [1.82, 2.24) is 0 Å². The Kier molecular flexibility index (Phi) is 4.42. The lowest BCUT2D eigenvalue weighted by Crippen LogP contribution is -2.21. The van der Waals surface area contributed by atoms with Crippen LogP contribution in [0.2, 0.25) is 0 Å². The van der Waals surface area contributed by atoms with E-state index in [9.17, 15) is 5.11 Å². The third kappa shape index (κ3) is 3.20. The molecule has 1 N–H and O–H groups in total. The van der Waals surface area contributed by atoms with Gasteiger partial charge in [-0.1, -0.05) is 36.4 Å². The van der Waals surface area contributed by atoms with Crippen molar-refractivity contribution in [2.45, 2.75) is 25.9 Å². The molecular formula is C18H22O3. The fourth-order valence-electron chi connectivity index (χ4n) is 2.86. The van der Waals surface area contributed by atoms with E-state index in [4.69, 9.17) is 9.47 Å². The Hall–Kier alpha value is -1.58. The molecule has 1 aliphatic heterocycles. The van der Waals surface area contributed by atoms with E-state index in [-0.39, 0.29) is 0 Å². The maximum Gasteiger partial charge on any atom is 0.132 e. The average Bonchev–Trinajstić information content (AvgIpc) is 2.53. The highest BCUT2D eigenvalue weighted by molar-refractivity contribution is 5.89. The molecule has 1 atom stereocenters. The van der Waals surface area contributed by atoms with Crippen molar-refractivity contribution in [1.29, 1.82) is 0 Å². The quantitative estimate of drug-likeness (QED) is 0.931. The van der Waals surface area contributed by atoms with Crippen molar-refractivity contribution in [2.24, 2.45) is 5.92 Å². The third-order valence-electron chi connectivity index (χ3n) is 4.16. The van der Waals surface area contributed by atoms with Gasteiger partial charge < -0.3 is 14.6 Å². The van der Waals surface area contributed by atoms with Gasteiger partial charge in [0.15, 0.2) is 0 Å². The van der Waals surface area contributed by atoms with Gasteiger partial charge in [0.05, 0.1) is 12.7 Å². The largest absolute Gasteiger partial charge is 0.492 e. The van der Waals surface area contributed by atoms with Crippen LogP contribution in [0.1, 0.15) is 31.4 Å². The summed E-state index contributed by atoms with van der Waals surface area (Å²) in [4.78, 5) is 0. The van der Waals surface area contributed by atoms with E-state index in [1.807, 2.05) is 24.3 Å². The molecule has 1 unspecified atom stereocenters. The molecule has 1 heterocycles. The topological polar surface area (TPSA) is 38.7 Å². The Labute approximate surface area is 125 Å². The zero-order valence-electron chi connectivity index (χ0n) is 12.4. The maximum atomic E-state index is 10.0. The predicted octanol–water partition coefficient (Wildman–Crippen LogP) is 3.70. The molecule has 112 valence electrons. The second-order valence-corrected chi connectivity index (χ2v) is 5.75. The molecule has 0 spiro atoms. The zero-order chi connectivity index (χ0) is 14.7. The van der Waals surface area contributed by atoms with E-state index in [2.05, 4.69) is 12.1 Å². The number of benzene rings is 2. The van der Waals surface area contributed by atoms with Crippen molar-refractivity contribution >= 4 is 10.8 Å². The molecule has 2 aromatic carbocycles. The van der Waals surface area contributed by atoms with Gasteiger partial charge in [-0.25, -0.2) is 0 Å². The van der Waals surface area contributed by atoms with Gasteiger partial charge in [-0.15, -0.1) is 0 Å². The first-order valence-electron chi connectivity index (χ1n) is 7.66. The highest BCUT2D eigenvalue weighted by Gasteiger charge is 2.17. The van der Waals surface area contributed by atoms with E-state index in [0.29, 0.717) is 12.5 Å². The van der Waals surface area contributed by atoms with Crippen LogP contribution in [-0.4, -0.2) is 24.9 Å². The zero-order valence-corrected chi connectivity index (χ0v) is 12.4. The van der Waals surface area contributed by atoms with E-state index >= 15 is 0 Å². The normalized spacial score (nSPS) is 17.8. The van der Waals surface area contributed by atoms with Gasteiger partial charge in [0, 0.05) is 24.2 Å². The Balaban J connectivity index is 1.88. The van der Waals surface area contributed by atoms with Gasteiger partial charge >= 0.3 is 0 Å². The number of aliphatic hydroxyl groups is 1. The number of hydrogen-bond donors (Lipinski definition) is 1. The summed E-state index contributed by atoms with van der Waals surface area (Å²) in [5.41, 5.74) is 0.862. The van der Waals surface area contributed by atoms with E-state index in [0.717, 1.165) is 48.1 Å². The predicted molar refractivity (Wildman–Crippen MR) is 83.6 cm³/mol. The molecule has 0 aromatic heterocycles. The molecule has 3 heteroatoms. The number of fused-ring (bicyclic) bond motifs is 1. The van der Waals surface area contributed by atoms with Crippen LogP contribution in [0.5, 0.6) is 5.75 Å². The maximum absolute atomic E-state index is 10.0. The fourth-order valence-corrected chi connectivity index (χ4v) is 2.86. The molecule has 0 bridgehead atoms. The first-order chi connectivity index (χ1) is 10.3. The van der Waals surface area contributed by atoms with Gasteiger partial charge in [-0.2, -0.15) is 0 Å². The molecule has 3 rings (SSSR count). The lowest BCUT2D eigenvalue weighted by molar-refractivity contribution is 0.0494. The number of aliphatic hydroxyl groups excluding tert-OH is 1. The molecule has 2 aromatic rings. The summed E-state index contributed by atoms with van der Waals surface area (Å²) < 4.78 is 11.5. The standard InChI is InChI=1S/C18H22O3/c1-13(19)16-7-6-15-4-2-3-5-17(15)18(16)21-12-14-8-10-20-11-9-14/h2-7,13-14,19H,8-12H2,1H3. The van der Waals surface area contributed by atoms with Crippen LogP contribution < -0.4 is 4.74 Å². The summed E-state index contributed by atoms with van der Waals surface area (Å²) >= 11 is 0. The molecule has 0 radical (unpaired) electrons. The summed E-state index contributed by atoms with van der Waals surface area (Å²) in [5, 5.41) is 12.2. The SMILES string of the molecule is CC(O)c1ccc2ccccc2c1OCC1CCOCC1. The van der Waals surface area contributed by atoms with Gasteiger partial charge in [-0.3, -0.25) is 0 Å². The molecule has 3 nitrogen and oxygen atoms in total. The number of ether oxygens (including phenoxy) is 2. The molecule has 21 heavy (non-hydrogen) atoms. The van der Waals surface area contributed by atoms with Crippen LogP contribution in [0.15, 0.2) is 36.4 Å². The lowest BCUT2D eigenvalue weighted by atomic mass is 10.0. The van der Waals surface area contributed by atoms with Crippen molar-refractivity contribution in [2.75, 3.05) is 19.8 Å². The van der Waals surface area contributed by atoms with Gasteiger partial charge in [-0.05, 0) is 31.1 Å². The van der Waals surface area contributed by atoms with Gasteiger partial charge in [0.25, 0.3) is 0 Å². The fraction of sp³-hybridized carbons (Fsp3) is 0.444. The summed E-state index contributed by atoms with van der Waals surface area (Å²) in [6.45, 7) is 4.13. The van der Waals surface area contributed by atoms with Crippen molar-refractivity contribution in [3.05, 3.63) is 42.0 Å². The summed E-state index contributed by atoms with van der Waals surface area (Å²) in [6, 6.07) is 12.2. The van der Waals surface area contributed by atoms with Crippen molar-refractivity contribution in [3.8, 4) is 5.75 Å². The van der Waals surface area contributed by atoms with E-state index in [1.165, 1.54) is 0 Å². The van der Waals surface area contributed by atoms with E-state index in [1.54, 1.807) is 6.92 Å². The Morgan fingerprint density at radius 1 is 1.19 bits per heavy atom. The highest BCUT2D eigenvalue weighted by atomic mass is 16.5. The first-order valence-corrected chi connectivity index (χ1v) is 7.66. The first kappa shape index (κ1) is 14.4. The Morgan fingerprint density at radius 3 is 2.71 bits per heavy atom. The third-order valence-corrected chi connectivity index (χ3v) is 4.16. The van der Waals surface area contributed by atoms with Crippen LogP contribution in [0, 0.1) is 5.92 Å². The summed E-state index contributed by atoms with van der Waals surface area (Å²) in [7, 11) is 0. The minimum Gasteiger partial charge on any atom is -0.492 e. The second kappa shape index (κ2) is 6.46. The van der Waals surface area contributed by atoms with Crippen LogP contribution in [0.3, 0.4) is 0 Å². The van der Waals surface area contributed by atoms with Crippen molar-refractivity contribution < 1.29 is 14.6 Å². The number of rotatable bonds is 4. The molecular weight excluding hydrogens is 264 g/mol. The molecule has 1 saturated heterocycles. The summed E-state index contributed by atoms with van der Waals surface area (Å²) in [5.74, 6) is 1.37. The molecule has 1 fully saturated rings. The second-order valence-electron chi connectivity index (χ2n) is 5.75. The van der Waals surface area contributed by atoms with Crippen LogP contribution in [0.4, 0.5) is 0 Å². The van der Waals surface area contributed by atoms with Crippen LogP contribution >= 0.6 is 0 Å². The molecule has 1 aliphatic rings. The summed E-state index contributed by atoms with van der Waals surface area (Å²) in [6.07, 6.45) is 1.57. The Morgan fingerprint density at radius 2 is 1.95 bits per heavy atom. The Bertz CT molecular complexity index is 600. The van der Waals surface area contributed by atoms with Crippen LogP contribution in [-0.2, 0) is 4.74 Å². The highest BCUT2D eigenvalue weighted by Crippen LogP contribution is 2.34. The monoisotopic (exact) mass is 286 g/mol. The molecule has 0 saturated carbocycles. The number of hydrogen-bond acceptors (Lipinski definition) is 3. The molecule has 0 aliphatic carbocycles. The smallest absolute Gasteiger partial charge is 0.132 e. The average molecular weight is 286 g/mol. The van der Waals surface area contributed by atoms with Gasteiger partial charge in [0.2, 0.25) is 0 Å². The minimum atomic E-state index is -0.528. The lowest BCUT2D eigenvalue weighted by Gasteiger charge is -2.24. The van der Waals surface area contributed by atoms with Gasteiger partial charge in [0.1, 0.15) is 5.75 Å². The van der Waals surface area contributed by atoms with Crippen LogP contribution in [0.25, 0.3) is 10.8 Å². The van der Waals surface area contributed by atoms with Crippen molar-refractivity contribution in [3.63, 3.8) is 0 Å². The minimum absolute atomic E-state index is 0.528. The molecule has 0 amide bonds. The van der Waals surface area contributed by atoms with E-state index < -0.39 is 6.10 Å².